The molecule has 0 atom stereocenters. The van der Waals surface area contributed by atoms with Gasteiger partial charge in [0.25, 0.3) is 5.91 Å². The smallest absolute Gasteiger partial charge is 0.255 e. The van der Waals surface area contributed by atoms with Crippen molar-refractivity contribution in [2.45, 2.75) is 18.9 Å². The van der Waals surface area contributed by atoms with Crippen LogP contribution in [0.25, 0.3) is 0 Å². The van der Waals surface area contributed by atoms with Crippen LogP contribution in [0.3, 0.4) is 0 Å². The molecule has 1 rings (SSSR count). The Labute approximate surface area is 121 Å². The van der Waals surface area contributed by atoms with Crippen molar-refractivity contribution >= 4 is 40.7 Å². The SMILES string of the molecule is CCC(CCl)(CCl)NC(=O)c1ccc(Cl)cc1O. The summed E-state index contributed by atoms with van der Waals surface area (Å²) < 4.78 is 0. The second kappa shape index (κ2) is 6.50. The van der Waals surface area contributed by atoms with Crippen molar-refractivity contribution in [3.05, 3.63) is 28.8 Å². The molecule has 0 radical (unpaired) electrons. The summed E-state index contributed by atoms with van der Waals surface area (Å²) in [6.45, 7) is 1.88. The molecule has 1 amide bonds. The molecule has 0 bridgehead atoms. The van der Waals surface area contributed by atoms with Gasteiger partial charge in [-0.25, -0.2) is 0 Å². The van der Waals surface area contributed by atoms with Crippen molar-refractivity contribution in [1.29, 1.82) is 0 Å². The van der Waals surface area contributed by atoms with Gasteiger partial charge in [-0.05, 0) is 24.6 Å². The lowest BCUT2D eigenvalue weighted by Crippen LogP contribution is -2.51. The van der Waals surface area contributed by atoms with Crippen LogP contribution in [-0.4, -0.2) is 28.3 Å². The minimum Gasteiger partial charge on any atom is -0.507 e. The number of phenols is 1. The van der Waals surface area contributed by atoms with Crippen molar-refractivity contribution in [3.63, 3.8) is 0 Å². The normalized spacial score (nSPS) is 11.3. The Morgan fingerprint density at radius 1 is 1.39 bits per heavy atom. The third kappa shape index (κ3) is 3.44. The summed E-state index contributed by atoms with van der Waals surface area (Å²) in [5.74, 6) is -0.193. The number of carbonyl (C=O) groups is 1. The molecule has 0 spiro atoms. The fourth-order valence-corrected chi connectivity index (χ4v) is 2.35. The van der Waals surface area contributed by atoms with E-state index in [9.17, 15) is 9.90 Å². The van der Waals surface area contributed by atoms with E-state index < -0.39 is 11.4 Å². The van der Waals surface area contributed by atoms with Gasteiger partial charge in [-0.15, -0.1) is 23.2 Å². The fourth-order valence-electron chi connectivity index (χ4n) is 1.38. The molecule has 18 heavy (non-hydrogen) atoms. The Bertz CT molecular complexity index is 425. The van der Waals surface area contributed by atoms with Gasteiger partial charge in [0.15, 0.2) is 0 Å². The van der Waals surface area contributed by atoms with E-state index in [1.54, 1.807) is 0 Å². The molecule has 2 N–H and O–H groups in total. The second-order valence-corrected chi connectivity index (χ2v) is 4.99. The summed E-state index contributed by atoms with van der Waals surface area (Å²) >= 11 is 17.4. The summed E-state index contributed by atoms with van der Waals surface area (Å²) in [4.78, 5) is 12.0. The molecule has 0 saturated carbocycles. The maximum Gasteiger partial charge on any atom is 0.255 e. The van der Waals surface area contributed by atoms with Gasteiger partial charge in [0.1, 0.15) is 5.75 Å². The largest absolute Gasteiger partial charge is 0.507 e. The van der Waals surface area contributed by atoms with Gasteiger partial charge in [-0.1, -0.05) is 18.5 Å². The van der Waals surface area contributed by atoms with Crippen molar-refractivity contribution in [2.24, 2.45) is 0 Å². The fraction of sp³-hybridized carbons (Fsp3) is 0.417. The zero-order valence-corrected chi connectivity index (χ0v) is 12.1. The van der Waals surface area contributed by atoms with Crippen molar-refractivity contribution < 1.29 is 9.90 Å². The number of hydrogen-bond acceptors (Lipinski definition) is 2. The maximum absolute atomic E-state index is 12.0. The van der Waals surface area contributed by atoms with Gasteiger partial charge >= 0.3 is 0 Å². The summed E-state index contributed by atoms with van der Waals surface area (Å²) in [6.07, 6.45) is 0.597. The molecule has 0 unspecified atom stereocenters. The van der Waals surface area contributed by atoms with Gasteiger partial charge in [0.2, 0.25) is 0 Å². The Balaban J connectivity index is 2.94. The van der Waals surface area contributed by atoms with E-state index in [0.29, 0.717) is 11.4 Å². The quantitative estimate of drug-likeness (QED) is 0.819. The van der Waals surface area contributed by atoms with Crippen LogP contribution in [0.5, 0.6) is 5.75 Å². The number of alkyl halides is 2. The monoisotopic (exact) mass is 309 g/mol. The molecule has 0 aromatic heterocycles. The average molecular weight is 311 g/mol. The molecule has 0 saturated heterocycles. The molecule has 0 aliphatic heterocycles. The number of hydrogen-bond donors (Lipinski definition) is 2. The predicted molar refractivity (Wildman–Crippen MR) is 75.0 cm³/mol. The first-order valence-electron chi connectivity index (χ1n) is 5.41. The van der Waals surface area contributed by atoms with E-state index in [-0.39, 0.29) is 23.1 Å². The highest BCUT2D eigenvalue weighted by molar-refractivity contribution is 6.30. The van der Waals surface area contributed by atoms with Crippen LogP contribution in [0.4, 0.5) is 0 Å². The average Bonchev–Trinajstić information content (AvgIpc) is 2.36. The van der Waals surface area contributed by atoms with Crippen LogP contribution >= 0.6 is 34.8 Å². The molecule has 3 nitrogen and oxygen atoms in total. The molecular weight excluding hydrogens is 296 g/mol. The molecule has 0 fully saturated rings. The molecule has 0 heterocycles. The zero-order valence-electron chi connectivity index (χ0n) is 9.84. The molecule has 6 heteroatoms. The number of amides is 1. The third-order valence-corrected chi connectivity index (χ3v) is 4.03. The molecular formula is C12H14Cl3NO2. The number of carbonyl (C=O) groups excluding carboxylic acids is 1. The van der Waals surface area contributed by atoms with Gasteiger partial charge in [0.05, 0.1) is 11.1 Å². The van der Waals surface area contributed by atoms with Crippen LogP contribution in [-0.2, 0) is 0 Å². The van der Waals surface area contributed by atoms with Crippen LogP contribution < -0.4 is 5.32 Å². The van der Waals surface area contributed by atoms with Gasteiger partial charge < -0.3 is 10.4 Å². The topological polar surface area (TPSA) is 49.3 Å². The highest BCUT2D eigenvalue weighted by Gasteiger charge is 2.29. The molecule has 100 valence electrons. The van der Waals surface area contributed by atoms with Gasteiger partial charge in [-0.3, -0.25) is 4.79 Å². The Morgan fingerprint density at radius 3 is 2.44 bits per heavy atom. The summed E-state index contributed by atoms with van der Waals surface area (Å²) in [7, 11) is 0. The van der Waals surface area contributed by atoms with E-state index in [1.165, 1.54) is 18.2 Å². The molecule has 0 aliphatic carbocycles. The Kier molecular flexibility index (Phi) is 5.57. The van der Waals surface area contributed by atoms with Gasteiger partial charge in [0, 0.05) is 16.8 Å². The Hall–Kier alpha value is -0.640. The lowest BCUT2D eigenvalue weighted by atomic mass is 10.0. The number of benzene rings is 1. The summed E-state index contributed by atoms with van der Waals surface area (Å²) in [5, 5.41) is 12.8. The highest BCUT2D eigenvalue weighted by Crippen LogP contribution is 2.23. The minimum atomic E-state index is -0.674. The molecule has 1 aromatic carbocycles. The van der Waals surface area contributed by atoms with Crippen LogP contribution in [0.15, 0.2) is 18.2 Å². The highest BCUT2D eigenvalue weighted by atomic mass is 35.5. The standard InChI is InChI=1S/C12H14Cl3NO2/c1-2-12(6-13,7-14)16-11(18)9-4-3-8(15)5-10(9)17/h3-5,17H,2,6-7H2,1H3,(H,16,18). The van der Waals surface area contributed by atoms with Crippen LogP contribution in [0, 0.1) is 0 Å². The second-order valence-electron chi connectivity index (χ2n) is 4.02. The van der Waals surface area contributed by atoms with Crippen LogP contribution in [0.2, 0.25) is 5.02 Å². The first-order valence-corrected chi connectivity index (χ1v) is 6.85. The number of aromatic hydroxyl groups is 1. The first-order chi connectivity index (χ1) is 8.48. The van der Waals surface area contributed by atoms with E-state index in [2.05, 4.69) is 5.32 Å². The third-order valence-electron chi connectivity index (χ3n) is 2.77. The maximum atomic E-state index is 12.0. The zero-order chi connectivity index (χ0) is 13.8. The summed E-state index contributed by atoms with van der Waals surface area (Å²) in [5.41, 5.74) is -0.529. The molecule has 0 aliphatic rings. The van der Waals surface area contributed by atoms with Crippen LogP contribution in [0.1, 0.15) is 23.7 Å². The first kappa shape index (κ1) is 15.4. The van der Waals surface area contributed by atoms with Crippen molar-refractivity contribution in [3.8, 4) is 5.75 Å². The Morgan fingerprint density at radius 2 is 2.00 bits per heavy atom. The lowest BCUT2D eigenvalue weighted by Gasteiger charge is -2.29. The number of phenolic OH excluding ortho intramolecular Hbond substituents is 1. The number of halogens is 3. The van der Waals surface area contributed by atoms with Gasteiger partial charge in [-0.2, -0.15) is 0 Å². The number of rotatable bonds is 5. The molecule has 1 aromatic rings. The minimum absolute atomic E-state index is 0.146. The van der Waals surface area contributed by atoms with Crippen molar-refractivity contribution in [2.75, 3.05) is 11.8 Å². The van der Waals surface area contributed by atoms with E-state index in [1.807, 2.05) is 6.92 Å². The van der Waals surface area contributed by atoms with E-state index in [4.69, 9.17) is 34.8 Å². The summed E-state index contributed by atoms with van der Waals surface area (Å²) in [6, 6.07) is 4.30. The van der Waals surface area contributed by atoms with E-state index >= 15 is 0 Å². The van der Waals surface area contributed by atoms with Crippen molar-refractivity contribution in [1.82, 2.24) is 5.32 Å². The predicted octanol–water partition coefficient (Wildman–Crippen LogP) is 3.40. The number of nitrogens with one attached hydrogen (secondary N) is 1. The lowest BCUT2D eigenvalue weighted by molar-refractivity contribution is 0.0911. The van der Waals surface area contributed by atoms with E-state index in [0.717, 1.165) is 0 Å².